The Balaban J connectivity index is 1.71. The number of benzene rings is 1. The van der Waals surface area contributed by atoms with Gasteiger partial charge < -0.3 is 9.64 Å². The Kier molecular flexibility index (Phi) is 6.93. The van der Waals surface area contributed by atoms with Gasteiger partial charge in [-0.3, -0.25) is 4.79 Å². The van der Waals surface area contributed by atoms with E-state index in [0.29, 0.717) is 24.6 Å². The molecule has 2 heterocycles. The number of rotatable bonds is 7. The third-order valence-electron chi connectivity index (χ3n) is 4.59. The van der Waals surface area contributed by atoms with Gasteiger partial charge in [-0.15, -0.1) is 11.3 Å². The quantitative estimate of drug-likeness (QED) is 0.616. The van der Waals surface area contributed by atoms with Crippen LogP contribution in [0.15, 0.2) is 42.5 Å². The van der Waals surface area contributed by atoms with Crippen LogP contribution in [0.2, 0.25) is 5.02 Å². The molecule has 0 spiro atoms. The summed E-state index contributed by atoms with van der Waals surface area (Å²) >= 11 is 7.61. The lowest BCUT2D eigenvalue weighted by atomic mass is 10.2. The van der Waals surface area contributed by atoms with Crippen LogP contribution in [0, 0.1) is 0 Å². The van der Waals surface area contributed by atoms with Crippen LogP contribution >= 0.6 is 22.9 Å². The lowest BCUT2D eigenvalue weighted by molar-refractivity contribution is -0.128. The van der Waals surface area contributed by atoms with E-state index in [9.17, 15) is 13.2 Å². The summed E-state index contributed by atoms with van der Waals surface area (Å²) in [6.07, 6.45) is 3.75. The molecule has 0 radical (unpaired) electrons. The molecule has 1 aliphatic rings. The maximum absolute atomic E-state index is 12.7. The van der Waals surface area contributed by atoms with Gasteiger partial charge in [0.1, 0.15) is 0 Å². The summed E-state index contributed by atoms with van der Waals surface area (Å²) in [5, 5.41) is 0.679. The van der Waals surface area contributed by atoms with E-state index in [1.165, 1.54) is 6.08 Å². The first-order valence-corrected chi connectivity index (χ1v) is 11.9. The van der Waals surface area contributed by atoms with Crippen molar-refractivity contribution in [3.05, 3.63) is 52.4 Å². The Hall–Kier alpha value is -1.67. The summed E-state index contributed by atoms with van der Waals surface area (Å²) in [5.74, 6) is -0.0443. The number of methoxy groups -OCH3 is 1. The second-order valence-electron chi connectivity index (χ2n) is 6.63. The molecule has 1 atom stereocenters. The van der Waals surface area contributed by atoms with Crippen LogP contribution in [-0.4, -0.2) is 57.0 Å². The first kappa shape index (κ1) is 21.0. The summed E-state index contributed by atoms with van der Waals surface area (Å²) in [6.45, 7) is 0.742. The third-order valence-corrected chi connectivity index (χ3v) is 7.68. The van der Waals surface area contributed by atoms with Crippen LogP contribution in [0.25, 0.3) is 16.5 Å². The van der Waals surface area contributed by atoms with Crippen molar-refractivity contribution < 1.29 is 17.9 Å². The summed E-state index contributed by atoms with van der Waals surface area (Å²) < 4.78 is 28.7. The Bertz CT molecular complexity index is 968. The lowest BCUT2D eigenvalue weighted by Gasteiger charge is -2.26. The second-order valence-corrected chi connectivity index (χ2v) is 10.4. The zero-order valence-electron chi connectivity index (χ0n) is 15.5. The molecule has 1 aliphatic heterocycles. The van der Waals surface area contributed by atoms with Crippen LogP contribution in [0.5, 0.6) is 0 Å². The van der Waals surface area contributed by atoms with Crippen LogP contribution < -0.4 is 0 Å². The van der Waals surface area contributed by atoms with Crippen molar-refractivity contribution in [3.63, 3.8) is 0 Å². The van der Waals surface area contributed by atoms with E-state index in [1.807, 2.05) is 36.4 Å². The van der Waals surface area contributed by atoms with Gasteiger partial charge in [-0.2, -0.15) is 0 Å². The second kappa shape index (κ2) is 9.22. The van der Waals surface area contributed by atoms with Gasteiger partial charge >= 0.3 is 0 Å². The Morgan fingerprint density at radius 3 is 2.86 bits per heavy atom. The first-order valence-electron chi connectivity index (χ1n) is 8.92. The third kappa shape index (κ3) is 5.44. The molecule has 1 amide bonds. The number of hydrogen-bond donors (Lipinski definition) is 0. The summed E-state index contributed by atoms with van der Waals surface area (Å²) in [4.78, 5) is 16.3. The summed E-state index contributed by atoms with van der Waals surface area (Å²) in [7, 11) is -1.50. The first-order chi connectivity index (χ1) is 13.4. The van der Waals surface area contributed by atoms with E-state index in [1.54, 1.807) is 29.4 Å². The van der Waals surface area contributed by atoms with Gasteiger partial charge in [-0.25, -0.2) is 8.42 Å². The predicted molar refractivity (Wildman–Crippen MR) is 114 cm³/mol. The van der Waals surface area contributed by atoms with Crippen molar-refractivity contribution in [3.8, 4) is 10.4 Å². The number of sulfone groups is 1. The molecule has 150 valence electrons. The average Bonchev–Trinajstić information content (AvgIpc) is 3.27. The van der Waals surface area contributed by atoms with Crippen molar-refractivity contribution >= 4 is 44.8 Å². The van der Waals surface area contributed by atoms with Crippen LogP contribution in [0.1, 0.15) is 11.3 Å². The summed E-state index contributed by atoms with van der Waals surface area (Å²) in [6, 6.07) is 11.3. The molecular formula is C20H22ClNO4S2. The van der Waals surface area contributed by atoms with Gasteiger partial charge in [0, 0.05) is 40.5 Å². The van der Waals surface area contributed by atoms with Gasteiger partial charge in [0.15, 0.2) is 9.84 Å². The molecule has 1 aromatic carbocycles. The maximum Gasteiger partial charge on any atom is 0.246 e. The summed E-state index contributed by atoms with van der Waals surface area (Å²) in [5.41, 5.74) is 1.03. The fourth-order valence-corrected chi connectivity index (χ4v) is 6.00. The molecule has 28 heavy (non-hydrogen) atoms. The molecule has 0 saturated carbocycles. The molecule has 1 saturated heterocycles. The Morgan fingerprint density at radius 2 is 2.18 bits per heavy atom. The highest BCUT2D eigenvalue weighted by Gasteiger charge is 2.33. The Morgan fingerprint density at radius 1 is 1.36 bits per heavy atom. The highest BCUT2D eigenvalue weighted by molar-refractivity contribution is 7.91. The van der Waals surface area contributed by atoms with E-state index < -0.39 is 9.84 Å². The fraction of sp³-hybridized carbons (Fsp3) is 0.350. The van der Waals surface area contributed by atoms with Crippen molar-refractivity contribution in [2.24, 2.45) is 0 Å². The number of ether oxygens (including phenoxy) is 1. The SMILES string of the molecule is COCCN(C(=O)C=Cc1ccc(-c2cccc(Cl)c2)s1)C1CCS(=O)(=O)C1. The molecule has 8 heteroatoms. The van der Waals surface area contributed by atoms with Gasteiger partial charge in [-0.1, -0.05) is 23.7 Å². The lowest BCUT2D eigenvalue weighted by Crippen LogP contribution is -2.42. The molecule has 0 aliphatic carbocycles. The number of carbonyl (C=O) groups is 1. The zero-order valence-corrected chi connectivity index (χ0v) is 17.9. The van der Waals surface area contributed by atoms with Crippen LogP contribution in [0.4, 0.5) is 0 Å². The fourth-order valence-electron chi connectivity index (χ4n) is 3.17. The Labute approximate surface area is 174 Å². The molecule has 1 aromatic heterocycles. The largest absolute Gasteiger partial charge is 0.383 e. The van der Waals surface area contributed by atoms with E-state index in [0.717, 1.165) is 15.3 Å². The van der Waals surface area contributed by atoms with Crippen LogP contribution in [-0.2, 0) is 19.4 Å². The minimum Gasteiger partial charge on any atom is -0.383 e. The zero-order chi connectivity index (χ0) is 20.1. The van der Waals surface area contributed by atoms with E-state index in [2.05, 4.69) is 0 Å². The number of amides is 1. The van der Waals surface area contributed by atoms with Crippen LogP contribution in [0.3, 0.4) is 0 Å². The van der Waals surface area contributed by atoms with E-state index >= 15 is 0 Å². The normalized spacial score (nSPS) is 18.6. The molecular weight excluding hydrogens is 418 g/mol. The van der Waals surface area contributed by atoms with Gasteiger partial charge in [0.2, 0.25) is 5.91 Å². The monoisotopic (exact) mass is 439 g/mol. The number of carbonyl (C=O) groups excluding carboxylic acids is 1. The average molecular weight is 440 g/mol. The topological polar surface area (TPSA) is 63.7 Å². The number of hydrogen-bond acceptors (Lipinski definition) is 5. The van der Waals surface area contributed by atoms with Crippen molar-refractivity contribution in [2.45, 2.75) is 12.5 Å². The molecule has 0 N–H and O–H groups in total. The number of thiophene rings is 1. The van der Waals surface area contributed by atoms with Gasteiger partial charge in [0.25, 0.3) is 0 Å². The van der Waals surface area contributed by atoms with E-state index in [-0.39, 0.29) is 23.5 Å². The van der Waals surface area contributed by atoms with Crippen molar-refractivity contribution in [1.82, 2.24) is 4.90 Å². The predicted octanol–water partition coefficient (Wildman–Crippen LogP) is 3.74. The van der Waals surface area contributed by atoms with Crippen molar-refractivity contribution in [2.75, 3.05) is 31.8 Å². The number of nitrogens with zero attached hydrogens (tertiary/aromatic N) is 1. The maximum atomic E-state index is 12.7. The number of halogens is 1. The molecule has 1 fully saturated rings. The van der Waals surface area contributed by atoms with Crippen molar-refractivity contribution in [1.29, 1.82) is 0 Å². The molecule has 5 nitrogen and oxygen atoms in total. The van der Waals surface area contributed by atoms with E-state index in [4.69, 9.17) is 16.3 Å². The molecule has 0 bridgehead atoms. The molecule has 3 rings (SSSR count). The standard InChI is InChI=1S/C20H22ClNO4S2/c1-26-11-10-22(17-9-12-28(24,25)14-17)20(23)8-6-18-5-7-19(27-18)15-3-2-4-16(21)13-15/h2-8,13,17H,9-12,14H2,1H3. The van der Waals surface area contributed by atoms with Gasteiger partial charge in [-0.05, 0) is 42.3 Å². The minimum absolute atomic E-state index is 0.0220. The van der Waals surface area contributed by atoms with Gasteiger partial charge in [0.05, 0.1) is 18.1 Å². The molecule has 1 unspecified atom stereocenters. The minimum atomic E-state index is -3.06. The highest BCUT2D eigenvalue weighted by atomic mass is 35.5. The smallest absolute Gasteiger partial charge is 0.246 e. The molecule has 2 aromatic rings. The highest BCUT2D eigenvalue weighted by Crippen LogP contribution is 2.30.